The largest absolute Gasteiger partial charge is 0.493 e. The number of aromatic nitrogens is 1. The monoisotopic (exact) mass is 855 g/mol. The summed E-state index contributed by atoms with van der Waals surface area (Å²) >= 11 is 1.91. The van der Waals surface area contributed by atoms with Crippen molar-refractivity contribution in [3.05, 3.63) is 136 Å². The van der Waals surface area contributed by atoms with Crippen molar-refractivity contribution in [1.82, 2.24) is 0 Å². The number of carbonyl (C=O) groups excluding carboxylic acids is 2. The van der Waals surface area contributed by atoms with Crippen LogP contribution in [0.3, 0.4) is 0 Å². The van der Waals surface area contributed by atoms with Crippen molar-refractivity contribution >= 4 is 74.5 Å². The Hall–Kier alpha value is -5.04. The molecule has 1 unspecified atom stereocenters. The molecule has 4 aliphatic heterocycles. The summed E-state index contributed by atoms with van der Waals surface area (Å²) in [6.07, 6.45) is 9.42. The maximum Gasteiger partial charge on any atom is 0.261 e. The Morgan fingerprint density at radius 2 is 1.53 bits per heavy atom. The molecule has 9 rings (SSSR count). The predicted molar refractivity (Wildman–Crippen MR) is 245 cm³/mol. The summed E-state index contributed by atoms with van der Waals surface area (Å²) in [5.41, 5.74) is 9.57. The SMILES string of the molecule is COc1cc2c(cc1OCc1cc(COc3cc4c(cc3C)C(=O)N3c5ccccc5C[C@H]3C=N4)cc(CSCC(C)(C)SSC)c1)N=C[C@@H]1Cc3cccc[n+]3C1C2=O. The van der Waals surface area contributed by atoms with Crippen molar-refractivity contribution in [2.75, 3.05) is 24.0 Å². The fraction of sp³-hybridized carbons (Fsp3) is 0.312. The van der Waals surface area contributed by atoms with Crippen LogP contribution in [0.4, 0.5) is 17.1 Å². The zero-order valence-corrected chi connectivity index (χ0v) is 36.8. The van der Waals surface area contributed by atoms with Gasteiger partial charge < -0.3 is 14.2 Å². The number of ketones is 1. The van der Waals surface area contributed by atoms with Crippen LogP contribution < -0.4 is 23.7 Å². The van der Waals surface area contributed by atoms with E-state index in [0.29, 0.717) is 46.4 Å². The van der Waals surface area contributed by atoms with Gasteiger partial charge in [-0.3, -0.25) is 24.5 Å². The van der Waals surface area contributed by atoms with Crippen LogP contribution in [0.25, 0.3) is 0 Å². The van der Waals surface area contributed by atoms with E-state index in [2.05, 4.69) is 55.0 Å². The van der Waals surface area contributed by atoms with E-state index in [1.165, 1.54) is 5.56 Å². The number of pyridine rings is 1. The normalized spacial score (nSPS) is 18.5. The van der Waals surface area contributed by atoms with Gasteiger partial charge in [-0.2, -0.15) is 16.3 Å². The molecule has 1 amide bonds. The summed E-state index contributed by atoms with van der Waals surface area (Å²) in [7, 11) is 5.29. The molecule has 5 heterocycles. The minimum atomic E-state index is -0.338. The number of ether oxygens (including phenoxy) is 3. The standard InChI is InChI=1S/C48H47N4O5S3/c1-29-14-38-40(50-24-36-18-33-10-6-7-12-41(33)52(36)47(38)54)21-42(29)56-25-30-15-31(17-32(16-30)27-59-28-48(2,3)60-58-5)26-57-44-22-39-37(20-43(44)55-4)46(53)45-34(23-49-39)19-35-11-8-9-13-51(35)45/h6-17,20-24,34,36,45H,18-19,25-28H2,1-5H3/q+1/t34-,36-,45?/m0/s1. The van der Waals surface area contributed by atoms with Crippen molar-refractivity contribution in [2.45, 2.75) is 69.4 Å². The van der Waals surface area contributed by atoms with Gasteiger partial charge in [-0.05, 0) is 79.1 Å². The fourth-order valence-corrected chi connectivity index (χ4v) is 12.4. The molecule has 0 bridgehead atoms. The number of fused-ring (bicyclic) bond motifs is 8. The number of hydrogen-bond acceptors (Lipinski definition) is 10. The molecule has 0 radical (unpaired) electrons. The van der Waals surface area contributed by atoms with Gasteiger partial charge in [0, 0.05) is 71.5 Å². The molecule has 0 aliphatic carbocycles. The van der Waals surface area contributed by atoms with Gasteiger partial charge in [0.15, 0.2) is 23.4 Å². The highest BCUT2D eigenvalue weighted by atomic mass is 33.1. The highest BCUT2D eigenvalue weighted by Gasteiger charge is 2.46. The number of benzene rings is 4. The van der Waals surface area contributed by atoms with Gasteiger partial charge in [0.25, 0.3) is 5.91 Å². The number of rotatable bonds is 13. The summed E-state index contributed by atoms with van der Waals surface area (Å²) in [5.74, 6) is 3.49. The van der Waals surface area contributed by atoms with Crippen molar-refractivity contribution in [1.29, 1.82) is 0 Å². The minimum Gasteiger partial charge on any atom is -0.493 e. The highest BCUT2D eigenvalue weighted by molar-refractivity contribution is 8.77. The number of amides is 1. The van der Waals surface area contributed by atoms with E-state index in [1.54, 1.807) is 24.0 Å². The first kappa shape index (κ1) is 40.4. The van der Waals surface area contributed by atoms with E-state index >= 15 is 0 Å². The number of aryl methyl sites for hydroxylation is 1. The Balaban J connectivity index is 0.955. The van der Waals surface area contributed by atoms with Gasteiger partial charge in [0.05, 0.1) is 41.6 Å². The van der Waals surface area contributed by atoms with Gasteiger partial charge >= 0.3 is 0 Å². The Bertz CT molecular complexity index is 2570. The van der Waals surface area contributed by atoms with Gasteiger partial charge in [0.1, 0.15) is 19.0 Å². The van der Waals surface area contributed by atoms with Crippen LogP contribution in [0.1, 0.15) is 74.1 Å². The van der Waals surface area contributed by atoms with Crippen molar-refractivity contribution in [3.8, 4) is 17.2 Å². The van der Waals surface area contributed by atoms with Crippen molar-refractivity contribution in [2.24, 2.45) is 15.9 Å². The molecule has 0 N–H and O–H groups in total. The number of aliphatic imine (C=N–C) groups is 2. The fourth-order valence-electron chi connectivity index (χ4n) is 8.69. The van der Waals surface area contributed by atoms with Gasteiger partial charge in [-0.15, -0.1) is 0 Å². The van der Waals surface area contributed by atoms with Gasteiger partial charge in [0.2, 0.25) is 11.8 Å². The van der Waals surface area contributed by atoms with E-state index < -0.39 is 0 Å². The van der Waals surface area contributed by atoms with Gasteiger partial charge in [-0.25, -0.2) is 0 Å². The third-order valence-corrected chi connectivity index (χ3v) is 15.7. The van der Waals surface area contributed by atoms with Crippen LogP contribution in [0.15, 0.2) is 101 Å². The smallest absolute Gasteiger partial charge is 0.261 e. The molecule has 3 atom stereocenters. The number of hydrogen-bond donors (Lipinski definition) is 0. The number of para-hydroxylation sites is 1. The molecular weight excluding hydrogens is 809 g/mol. The average Bonchev–Trinajstić information content (AvgIpc) is 3.73. The molecule has 1 aromatic heterocycles. The number of anilines is 1. The zero-order valence-electron chi connectivity index (χ0n) is 34.3. The summed E-state index contributed by atoms with van der Waals surface area (Å²) in [6, 6.07) is 27.6. The predicted octanol–water partition coefficient (Wildman–Crippen LogP) is 10.1. The second-order valence-electron chi connectivity index (χ2n) is 16.3. The molecular formula is C48H47N4O5S3+. The molecule has 4 aliphatic rings. The van der Waals surface area contributed by atoms with Crippen LogP contribution in [0.5, 0.6) is 17.2 Å². The molecule has 0 saturated heterocycles. The van der Waals surface area contributed by atoms with E-state index in [1.807, 2.05) is 102 Å². The number of thioether (sulfide) groups is 1. The summed E-state index contributed by atoms with van der Waals surface area (Å²) in [5, 5.41) is 0. The lowest BCUT2D eigenvalue weighted by atomic mass is 9.94. The zero-order chi connectivity index (χ0) is 41.5. The Kier molecular flexibility index (Phi) is 11.3. The van der Waals surface area contributed by atoms with Crippen molar-refractivity contribution in [3.63, 3.8) is 0 Å². The molecule has 4 aromatic carbocycles. The first-order valence-corrected chi connectivity index (χ1v) is 23.9. The maximum absolute atomic E-state index is 14.0. The molecule has 12 heteroatoms. The molecule has 0 fully saturated rings. The summed E-state index contributed by atoms with van der Waals surface area (Å²) in [4.78, 5) is 39.5. The maximum atomic E-state index is 14.0. The van der Waals surface area contributed by atoms with Gasteiger partial charge in [-0.1, -0.05) is 58.0 Å². The van der Waals surface area contributed by atoms with Crippen LogP contribution in [-0.4, -0.2) is 54.0 Å². The average molecular weight is 856 g/mol. The van der Waals surface area contributed by atoms with Crippen LogP contribution in [-0.2, 0) is 31.8 Å². The molecule has 60 heavy (non-hydrogen) atoms. The second-order valence-corrected chi connectivity index (χ2v) is 20.4. The summed E-state index contributed by atoms with van der Waals surface area (Å²) in [6.45, 7) is 7.13. The minimum absolute atomic E-state index is 0.0190. The highest BCUT2D eigenvalue weighted by Crippen LogP contribution is 2.42. The Labute approximate surface area is 363 Å². The van der Waals surface area contributed by atoms with E-state index in [-0.39, 0.29) is 41.0 Å². The third-order valence-electron chi connectivity index (χ3n) is 11.4. The third kappa shape index (κ3) is 7.97. The lowest BCUT2D eigenvalue weighted by Gasteiger charge is -2.22. The van der Waals surface area contributed by atoms with Crippen LogP contribution >= 0.6 is 33.3 Å². The Morgan fingerprint density at radius 3 is 2.33 bits per heavy atom. The topological polar surface area (TPSA) is 93.7 Å². The summed E-state index contributed by atoms with van der Waals surface area (Å²) < 4.78 is 21.1. The van der Waals surface area contributed by atoms with Crippen LogP contribution in [0.2, 0.25) is 0 Å². The quantitative estimate of drug-likeness (QED) is 0.0854. The first-order valence-electron chi connectivity index (χ1n) is 20.2. The molecule has 9 nitrogen and oxygen atoms in total. The molecule has 5 aromatic rings. The number of carbonyl (C=O) groups is 2. The van der Waals surface area contributed by atoms with E-state index in [0.717, 1.165) is 58.0 Å². The number of Topliss-reactive ketones (excluding diaryl/α,β-unsaturated/α-hetero) is 1. The second kappa shape index (κ2) is 16.8. The number of nitrogens with zero attached hydrogens (tertiary/aromatic N) is 4. The molecule has 0 spiro atoms. The van der Waals surface area contributed by atoms with Crippen LogP contribution in [0, 0.1) is 12.8 Å². The lowest BCUT2D eigenvalue weighted by molar-refractivity contribution is -0.704. The number of methoxy groups -OCH3 is 1. The van der Waals surface area contributed by atoms with E-state index in [9.17, 15) is 9.59 Å². The molecule has 306 valence electrons. The van der Waals surface area contributed by atoms with Crippen molar-refractivity contribution < 1.29 is 28.4 Å². The lowest BCUT2D eigenvalue weighted by Crippen LogP contribution is -2.44. The molecule has 0 saturated carbocycles. The first-order chi connectivity index (χ1) is 29.1. The Morgan fingerprint density at radius 1 is 0.817 bits per heavy atom. The van der Waals surface area contributed by atoms with E-state index in [4.69, 9.17) is 24.2 Å².